The van der Waals surface area contributed by atoms with Crippen molar-refractivity contribution in [2.45, 2.75) is 11.9 Å². The molecular weight excluding hydrogens is 226 g/mol. The van der Waals surface area contributed by atoms with Crippen molar-refractivity contribution < 1.29 is 9.94 Å². The maximum Gasteiger partial charge on any atom is 0.170 e. The van der Waals surface area contributed by atoms with Crippen LogP contribution in [0.2, 0.25) is 0 Å². The third kappa shape index (κ3) is 3.71. The first-order valence-electron chi connectivity index (χ1n) is 4.75. The van der Waals surface area contributed by atoms with Gasteiger partial charge in [-0.15, -0.1) is 11.8 Å². The molecular formula is C10H15N3O2S. The first-order valence-corrected chi connectivity index (χ1v) is 5.74. The number of aryl methyl sites for hydroxylation is 1. The first-order chi connectivity index (χ1) is 7.67. The molecule has 6 heteroatoms. The van der Waals surface area contributed by atoms with E-state index in [-0.39, 0.29) is 5.84 Å². The minimum absolute atomic E-state index is 0.0964. The van der Waals surface area contributed by atoms with E-state index in [0.717, 1.165) is 16.5 Å². The van der Waals surface area contributed by atoms with Gasteiger partial charge in [-0.2, -0.15) is 0 Å². The van der Waals surface area contributed by atoms with Gasteiger partial charge in [-0.1, -0.05) is 5.16 Å². The van der Waals surface area contributed by atoms with Crippen LogP contribution in [0.1, 0.15) is 11.3 Å². The number of ether oxygens (including phenoxy) is 1. The van der Waals surface area contributed by atoms with Crippen LogP contribution < -0.4 is 5.73 Å². The second-order valence-electron chi connectivity index (χ2n) is 3.16. The van der Waals surface area contributed by atoms with Crippen molar-refractivity contribution in [3.63, 3.8) is 0 Å². The molecule has 0 aromatic carbocycles. The average Bonchev–Trinajstić information content (AvgIpc) is 2.27. The molecule has 0 aliphatic carbocycles. The van der Waals surface area contributed by atoms with E-state index in [1.54, 1.807) is 31.0 Å². The number of oxime groups is 1. The fourth-order valence-corrected chi connectivity index (χ4v) is 2.03. The van der Waals surface area contributed by atoms with E-state index in [9.17, 15) is 0 Å². The summed E-state index contributed by atoms with van der Waals surface area (Å²) < 4.78 is 4.96. The van der Waals surface area contributed by atoms with Crippen LogP contribution in [0.15, 0.2) is 22.3 Å². The predicted octanol–water partition coefficient (Wildman–Crippen LogP) is 1.22. The lowest BCUT2D eigenvalue weighted by Crippen LogP contribution is -2.13. The second-order valence-corrected chi connectivity index (χ2v) is 4.28. The normalized spacial score (nSPS) is 11.8. The molecule has 1 aromatic rings. The molecule has 0 unspecified atom stereocenters. The molecule has 0 radical (unpaired) electrons. The molecule has 5 nitrogen and oxygen atoms in total. The van der Waals surface area contributed by atoms with Crippen LogP contribution in [0, 0.1) is 6.92 Å². The molecule has 1 rings (SSSR count). The molecule has 88 valence electrons. The number of nitrogens with zero attached hydrogens (tertiary/aromatic N) is 2. The topological polar surface area (TPSA) is 80.7 Å². The third-order valence-corrected chi connectivity index (χ3v) is 2.75. The zero-order valence-corrected chi connectivity index (χ0v) is 10.1. The molecule has 0 fully saturated rings. The largest absolute Gasteiger partial charge is 0.409 e. The number of nitrogens with two attached hydrogens (primary N) is 1. The second kappa shape index (κ2) is 6.34. The lowest BCUT2D eigenvalue weighted by atomic mass is 10.2. The zero-order chi connectivity index (χ0) is 12.0. The Labute approximate surface area is 98.7 Å². The zero-order valence-electron chi connectivity index (χ0n) is 9.30. The molecule has 3 N–H and O–H groups in total. The van der Waals surface area contributed by atoms with Crippen LogP contribution in [-0.4, -0.2) is 35.5 Å². The van der Waals surface area contributed by atoms with Gasteiger partial charge in [-0.3, -0.25) is 0 Å². The van der Waals surface area contributed by atoms with Crippen molar-refractivity contribution in [3.05, 3.63) is 23.4 Å². The number of pyridine rings is 1. The van der Waals surface area contributed by atoms with Crippen LogP contribution in [0.4, 0.5) is 0 Å². The lowest BCUT2D eigenvalue weighted by molar-refractivity contribution is 0.218. The van der Waals surface area contributed by atoms with E-state index >= 15 is 0 Å². The predicted molar refractivity (Wildman–Crippen MR) is 64.1 cm³/mol. The Morgan fingerprint density at radius 2 is 2.38 bits per heavy atom. The Morgan fingerprint density at radius 3 is 3.00 bits per heavy atom. The number of hydrogen-bond acceptors (Lipinski definition) is 5. The van der Waals surface area contributed by atoms with E-state index in [1.165, 1.54) is 0 Å². The summed E-state index contributed by atoms with van der Waals surface area (Å²) in [5, 5.41) is 12.4. The summed E-state index contributed by atoms with van der Waals surface area (Å²) in [6.07, 6.45) is 0. The van der Waals surface area contributed by atoms with E-state index in [1.807, 2.05) is 6.92 Å². The maximum absolute atomic E-state index is 8.60. The van der Waals surface area contributed by atoms with Crippen molar-refractivity contribution in [2.75, 3.05) is 19.5 Å². The van der Waals surface area contributed by atoms with Gasteiger partial charge in [0.15, 0.2) is 5.84 Å². The molecule has 0 atom stereocenters. The molecule has 0 amide bonds. The van der Waals surface area contributed by atoms with Gasteiger partial charge in [0, 0.05) is 24.1 Å². The average molecular weight is 241 g/mol. The highest BCUT2D eigenvalue weighted by atomic mass is 32.2. The summed E-state index contributed by atoms with van der Waals surface area (Å²) in [5.41, 5.74) is 7.04. The van der Waals surface area contributed by atoms with E-state index in [2.05, 4.69) is 10.1 Å². The van der Waals surface area contributed by atoms with Crippen molar-refractivity contribution in [3.8, 4) is 0 Å². The SMILES string of the molecule is COCCSc1cc(/C(N)=N/O)cc(C)n1. The molecule has 16 heavy (non-hydrogen) atoms. The summed E-state index contributed by atoms with van der Waals surface area (Å²) in [6, 6.07) is 3.57. The van der Waals surface area contributed by atoms with Crippen LogP contribution in [0.3, 0.4) is 0 Å². The Hall–Kier alpha value is -1.27. The van der Waals surface area contributed by atoms with E-state index in [0.29, 0.717) is 12.2 Å². The minimum Gasteiger partial charge on any atom is -0.409 e. The fraction of sp³-hybridized carbons (Fsp3) is 0.400. The standard InChI is InChI=1S/C10H15N3O2S/c1-7-5-8(10(11)13-14)6-9(12-7)16-4-3-15-2/h5-6,14H,3-4H2,1-2H3,(H2,11,13). The van der Waals surface area contributed by atoms with Crippen molar-refractivity contribution in [1.29, 1.82) is 0 Å². The molecule has 0 spiro atoms. The Kier molecular flexibility index (Phi) is 5.07. The number of thioether (sulfide) groups is 1. The highest BCUT2D eigenvalue weighted by Crippen LogP contribution is 2.17. The van der Waals surface area contributed by atoms with Crippen LogP contribution in [0.25, 0.3) is 0 Å². The number of aromatic nitrogens is 1. The number of hydrogen-bond donors (Lipinski definition) is 2. The lowest BCUT2D eigenvalue weighted by Gasteiger charge is -2.05. The Balaban J connectivity index is 2.82. The van der Waals surface area contributed by atoms with Crippen molar-refractivity contribution >= 4 is 17.6 Å². The van der Waals surface area contributed by atoms with Gasteiger partial charge in [0.2, 0.25) is 0 Å². The van der Waals surface area contributed by atoms with E-state index in [4.69, 9.17) is 15.7 Å². The summed E-state index contributed by atoms with van der Waals surface area (Å²) in [6.45, 7) is 2.54. The number of amidine groups is 1. The summed E-state index contributed by atoms with van der Waals surface area (Å²) >= 11 is 1.57. The van der Waals surface area contributed by atoms with Crippen LogP contribution >= 0.6 is 11.8 Å². The molecule has 1 heterocycles. The Bertz CT molecular complexity index is 382. The van der Waals surface area contributed by atoms with Gasteiger partial charge in [-0.25, -0.2) is 4.98 Å². The van der Waals surface area contributed by atoms with Gasteiger partial charge >= 0.3 is 0 Å². The monoisotopic (exact) mass is 241 g/mol. The first kappa shape index (κ1) is 12.8. The van der Waals surface area contributed by atoms with Crippen molar-refractivity contribution in [1.82, 2.24) is 4.98 Å². The van der Waals surface area contributed by atoms with E-state index < -0.39 is 0 Å². The van der Waals surface area contributed by atoms with Gasteiger partial charge < -0.3 is 15.7 Å². The quantitative estimate of drug-likeness (QED) is 0.202. The highest BCUT2D eigenvalue weighted by Gasteiger charge is 2.04. The molecule has 0 saturated carbocycles. The minimum atomic E-state index is 0.0964. The van der Waals surface area contributed by atoms with Gasteiger partial charge in [-0.05, 0) is 19.1 Å². The molecule has 1 aromatic heterocycles. The number of methoxy groups -OCH3 is 1. The van der Waals surface area contributed by atoms with Crippen LogP contribution in [-0.2, 0) is 4.74 Å². The molecule has 0 saturated heterocycles. The highest BCUT2D eigenvalue weighted by molar-refractivity contribution is 7.99. The van der Waals surface area contributed by atoms with Gasteiger partial charge in [0.25, 0.3) is 0 Å². The van der Waals surface area contributed by atoms with Gasteiger partial charge in [0.1, 0.15) is 0 Å². The van der Waals surface area contributed by atoms with Gasteiger partial charge in [0.05, 0.1) is 11.6 Å². The third-order valence-electron chi connectivity index (χ3n) is 1.87. The molecule has 0 bridgehead atoms. The Morgan fingerprint density at radius 1 is 1.62 bits per heavy atom. The molecule has 0 aliphatic heterocycles. The van der Waals surface area contributed by atoms with Crippen molar-refractivity contribution in [2.24, 2.45) is 10.9 Å². The summed E-state index contributed by atoms with van der Waals surface area (Å²) in [7, 11) is 1.66. The van der Waals surface area contributed by atoms with Crippen LogP contribution in [0.5, 0.6) is 0 Å². The summed E-state index contributed by atoms with van der Waals surface area (Å²) in [5.74, 6) is 0.918. The molecule has 0 aliphatic rings. The maximum atomic E-state index is 8.60. The number of rotatable bonds is 5. The smallest absolute Gasteiger partial charge is 0.170 e. The fourth-order valence-electron chi connectivity index (χ4n) is 1.15. The summed E-state index contributed by atoms with van der Waals surface area (Å²) in [4.78, 5) is 4.34.